The fourth-order valence-electron chi connectivity index (χ4n) is 3.62. The molecule has 0 aliphatic carbocycles. The number of aromatic nitrogens is 1. The van der Waals surface area contributed by atoms with Gasteiger partial charge in [0.15, 0.2) is 0 Å². The lowest BCUT2D eigenvalue weighted by Gasteiger charge is -2.25. The largest absolute Gasteiger partial charge is 0.459 e. The molecule has 0 spiro atoms. The maximum Gasteiger partial charge on any atom is 0.459 e. The van der Waals surface area contributed by atoms with Crippen LogP contribution in [0.15, 0.2) is 70.9 Å². The number of pyridine rings is 1. The van der Waals surface area contributed by atoms with Gasteiger partial charge in [-0.15, -0.1) is 11.8 Å². The highest BCUT2D eigenvalue weighted by Crippen LogP contribution is 2.45. The lowest BCUT2D eigenvalue weighted by molar-refractivity contribution is -0.249. The lowest BCUT2D eigenvalue weighted by atomic mass is 9.98. The summed E-state index contributed by atoms with van der Waals surface area (Å²) < 4.78 is 95.4. The van der Waals surface area contributed by atoms with Crippen LogP contribution < -0.4 is 5.01 Å². The van der Waals surface area contributed by atoms with Crippen LogP contribution in [0.2, 0.25) is 0 Å². The van der Waals surface area contributed by atoms with E-state index in [1.807, 2.05) is 6.26 Å². The molecule has 4 rings (SSSR count). The molecule has 34 heavy (non-hydrogen) atoms. The van der Waals surface area contributed by atoms with Crippen molar-refractivity contribution in [3.8, 4) is 11.1 Å². The summed E-state index contributed by atoms with van der Waals surface area (Å²) in [6.45, 7) is 0. The molecule has 0 fully saturated rings. The normalized spacial score (nSPS) is 16.6. The Morgan fingerprint density at radius 2 is 1.71 bits per heavy atom. The van der Waals surface area contributed by atoms with Gasteiger partial charge >= 0.3 is 12.1 Å². The van der Waals surface area contributed by atoms with Crippen LogP contribution >= 0.6 is 11.8 Å². The zero-order chi connectivity index (χ0) is 24.7. The van der Waals surface area contributed by atoms with Crippen molar-refractivity contribution in [1.82, 2.24) is 4.98 Å². The fourth-order valence-corrected chi connectivity index (χ4v) is 3.98. The predicted octanol–water partition coefficient (Wildman–Crippen LogP) is 7.25. The van der Waals surface area contributed by atoms with Crippen LogP contribution in [0.3, 0.4) is 0 Å². The topological polar surface area (TPSA) is 28.5 Å². The Hall–Kier alpha value is -3.08. The number of halogens is 7. The summed E-state index contributed by atoms with van der Waals surface area (Å²) in [4.78, 5) is 4.27. The maximum atomic E-state index is 14.5. The summed E-state index contributed by atoms with van der Waals surface area (Å²) in [7, 11) is 0. The van der Waals surface area contributed by atoms with Crippen LogP contribution in [0.25, 0.3) is 11.1 Å². The van der Waals surface area contributed by atoms with Gasteiger partial charge in [-0.1, -0.05) is 24.3 Å². The molecule has 1 atom stereocenters. The first-order valence-electron chi connectivity index (χ1n) is 9.88. The number of hydrogen-bond acceptors (Lipinski definition) is 4. The van der Waals surface area contributed by atoms with E-state index in [1.54, 1.807) is 30.5 Å². The maximum absolute atomic E-state index is 14.5. The SMILES string of the molecule is CSc1ccc(-c2cccc(N3N=C(C(F)(F)C(F)(F)F)CC3c3ccc(F)cc3F)c2)cn1. The van der Waals surface area contributed by atoms with E-state index < -0.39 is 41.9 Å². The van der Waals surface area contributed by atoms with Crippen molar-refractivity contribution in [1.29, 1.82) is 0 Å². The summed E-state index contributed by atoms with van der Waals surface area (Å²) in [5.41, 5.74) is -0.275. The molecule has 178 valence electrons. The van der Waals surface area contributed by atoms with Crippen molar-refractivity contribution in [2.24, 2.45) is 5.10 Å². The van der Waals surface area contributed by atoms with E-state index >= 15 is 0 Å². The van der Waals surface area contributed by atoms with Gasteiger partial charge in [-0.3, -0.25) is 5.01 Å². The monoisotopic (exact) mass is 499 g/mol. The summed E-state index contributed by atoms with van der Waals surface area (Å²) in [6.07, 6.45) is -3.32. The third kappa shape index (κ3) is 4.48. The van der Waals surface area contributed by atoms with Gasteiger partial charge in [0.05, 0.1) is 16.8 Å². The van der Waals surface area contributed by atoms with Crippen molar-refractivity contribution < 1.29 is 30.7 Å². The Kier molecular flexibility index (Phi) is 6.32. The van der Waals surface area contributed by atoms with E-state index in [4.69, 9.17) is 0 Å². The van der Waals surface area contributed by atoms with E-state index in [9.17, 15) is 30.7 Å². The van der Waals surface area contributed by atoms with E-state index in [0.29, 0.717) is 17.2 Å². The number of rotatable bonds is 5. The van der Waals surface area contributed by atoms with Crippen molar-refractivity contribution in [2.45, 2.75) is 29.6 Å². The predicted molar refractivity (Wildman–Crippen MR) is 116 cm³/mol. The minimum atomic E-state index is -5.87. The van der Waals surface area contributed by atoms with Crippen LogP contribution in [0.1, 0.15) is 18.0 Å². The molecule has 2 heterocycles. The first-order valence-corrected chi connectivity index (χ1v) is 11.1. The number of anilines is 1. The minimum Gasteiger partial charge on any atom is -0.257 e. The van der Waals surface area contributed by atoms with Gasteiger partial charge in [-0.05, 0) is 36.1 Å². The molecule has 1 aromatic heterocycles. The van der Waals surface area contributed by atoms with E-state index in [2.05, 4.69) is 10.1 Å². The Morgan fingerprint density at radius 1 is 0.941 bits per heavy atom. The first kappa shape index (κ1) is 24.1. The van der Waals surface area contributed by atoms with Gasteiger partial charge in [-0.2, -0.15) is 27.1 Å². The Labute approximate surface area is 194 Å². The zero-order valence-corrected chi connectivity index (χ0v) is 18.3. The molecule has 0 N–H and O–H groups in total. The second kappa shape index (κ2) is 8.94. The summed E-state index contributed by atoms with van der Waals surface area (Å²) in [5.74, 6) is -7.20. The van der Waals surface area contributed by atoms with Crippen molar-refractivity contribution in [3.63, 3.8) is 0 Å². The van der Waals surface area contributed by atoms with Crippen LogP contribution in [0.5, 0.6) is 0 Å². The molecule has 1 aliphatic rings. The summed E-state index contributed by atoms with van der Waals surface area (Å²) in [5, 5.41) is 5.27. The molecule has 0 bridgehead atoms. The molecule has 0 saturated carbocycles. The number of benzene rings is 2. The molecular weight excluding hydrogens is 483 g/mol. The molecule has 0 amide bonds. The second-order valence-corrected chi connectivity index (χ2v) is 8.32. The smallest absolute Gasteiger partial charge is 0.257 e. The van der Waals surface area contributed by atoms with Crippen molar-refractivity contribution in [3.05, 3.63) is 78.0 Å². The van der Waals surface area contributed by atoms with Gasteiger partial charge in [0.2, 0.25) is 0 Å². The zero-order valence-electron chi connectivity index (χ0n) is 17.5. The van der Waals surface area contributed by atoms with E-state index in [-0.39, 0.29) is 11.3 Å². The summed E-state index contributed by atoms with van der Waals surface area (Å²) >= 11 is 1.44. The van der Waals surface area contributed by atoms with Crippen molar-refractivity contribution in [2.75, 3.05) is 11.3 Å². The highest BCUT2D eigenvalue weighted by molar-refractivity contribution is 7.98. The number of thioether (sulfide) groups is 1. The molecule has 3 nitrogen and oxygen atoms in total. The minimum absolute atomic E-state index is 0.160. The van der Waals surface area contributed by atoms with Gasteiger partial charge in [0, 0.05) is 29.8 Å². The van der Waals surface area contributed by atoms with Crippen LogP contribution in [0.4, 0.5) is 36.4 Å². The molecule has 0 radical (unpaired) electrons. The fraction of sp³-hybridized carbons (Fsp3) is 0.217. The molecule has 1 aliphatic heterocycles. The van der Waals surface area contributed by atoms with Gasteiger partial charge in [-0.25, -0.2) is 13.8 Å². The average molecular weight is 499 g/mol. The molecular formula is C23H16F7N3S. The highest BCUT2D eigenvalue weighted by atomic mass is 32.2. The standard InChI is InChI=1S/C23H16F7N3S/c1-34-21-8-5-14(12-31-21)13-3-2-4-16(9-13)33-19(17-7-6-15(24)10-18(17)25)11-20(32-33)22(26,27)23(28,29)30/h2-10,12,19H,11H2,1H3. The first-order chi connectivity index (χ1) is 16.0. The quantitative estimate of drug-likeness (QED) is 0.273. The number of alkyl halides is 5. The molecule has 11 heteroatoms. The number of nitrogens with zero attached hydrogens (tertiary/aromatic N) is 3. The third-order valence-electron chi connectivity index (χ3n) is 5.34. The van der Waals surface area contributed by atoms with E-state index in [1.165, 1.54) is 23.9 Å². The molecule has 3 aromatic rings. The Morgan fingerprint density at radius 3 is 2.32 bits per heavy atom. The van der Waals surface area contributed by atoms with Crippen LogP contribution in [-0.2, 0) is 0 Å². The van der Waals surface area contributed by atoms with Crippen molar-refractivity contribution >= 4 is 23.2 Å². The van der Waals surface area contributed by atoms with Crippen LogP contribution in [0, 0.1) is 11.6 Å². The van der Waals surface area contributed by atoms with Gasteiger partial charge in [0.1, 0.15) is 17.3 Å². The molecule has 1 unspecified atom stereocenters. The van der Waals surface area contributed by atoms with E-state index in [0.717, 1.165) is 22.2 Å². The van der Waals surface area contributed by atoms with Gasteiger partial charge < -0.3 is 0 Å². The Bertz CT molecular complexity index is 1230. The summed E-state index contributed by atoms with van der Waals surface area (Å²) in [6, 6.07) is 11.0. The third-order valence-corrected chi connectivity index (χ3v) is 6.00. The molecule has 2 aromatic carbocycles. The number of hydrazone groups is 1. The second-order valence-electron chi connectivity index (χ2n) is 7.49. The van der Waals surface area contributed by atoms with Gasteiger partial charge in [0.25, 0.3) is 0 Å². The van der Waals surface area contributed by atoms with Crippen LogP contribution in [-0.4, -0.2) is 29.1 Å². The Balaban J connectivity index is 1.79. The number of hydrogen-bond donors (Lipinski definition) is 0. The lowest BCUT2D eigenvalue weighted by Crippen LogP contribution is -2.43. The molecule has 0 saturated heterocycles. The average Bonchev–Trinajstić information content (AvgIpc) is 3.24. The highest BCUT2D eigenvalue weighted by Gasteiger charge is 2.63.